The molecule has 2 atom stereocenters. The van der Waals surface area contributed by atoms with Crippen LogP contribution in [0.4, 0.5) is 5.69 Å². The number of rotatable bonds is 13. The predicted octanol–water partition coefficient (Wildman–Crippen LogP) is 7.36. The molecule has 0 saturated carbocycles. The van der Waals surface area contributed by atoms with E-state index in [1.165, 1.54) is 17.0 Å². The second kappa shape index (κ2) is 15.6. The number of nitrogens with one attached hydrogen (secondary N) is 1. The van der Waals surface area contributed by atoms with Crippen molar-refractivity contribution in [1.29, 1.82) is 0 Å². The second-order valence-corrected chi connectivity index (χ2v) is 14.0. The highest BCUT2D eigenvalue weighted by Crippen LogP contribution is 2.31. The number of halogens is 2. The van der Waals surface area contributed by atoms with Crippen LogP contribution in [0.25, 0.3) is 0 Å². The summed E-state index contributed by atoms with van der Waals surface area (Å²) in [4.78, 5) is 30.1. The second-order valence-electron chi connectivity index (χ2n) is 11.3. The van der Waals surface area contributed by atoms with Crippen molar-refractivity contribution < 1.29 is 18.0 Å². The minimum Gasteiger partial charge on any atom is -0.352 e. The van der Waals surface area contributed by atoms with Crippen LogP contribution in [0.5, 0.6) is 0 Å². The first-order chi connectivity index (χ1) is 21.9. The molecule has 7 nitrogen and oxygen atoms in total. The molecule has 0 fully saturated rings. The zero-order chi connectivity index (χ0) is 33.4. The molecule has 0 heterocycles. The molecular formula is C36H39Cl2N3O4S. The van der Waals surface area contributed by atoms with E-state index in [9.17, 15) is 18.0 Å². The smallest absolute Gasteiger partial charge is 0.264 e. The average molecular weight is 681 g/mol. The van der Waals surface area contributed by atoms with Crippen molar-refractivity contribution in [2.75, 3.05) is 10.8 Å². The number of carbonyl (C=O) groups is 2. The highest BCUT2D eigenvalue weighted by Gasteiger charge is 2.36. The largest absolute Gasteiger partial charge is 0.352 e. The molecule has 0 aliphatic heterocycles. The van der Waals surface area contributed by atoms with E-state index in [0.29, 0.717) is 33.3 Å². The van der Waals surface area contributed by atoms with Gasteiger partial charge in [0.1, 0.15) is 12.6 Å². The van der Waals surface area contributed by atoms with Crippen molar-refractivity contribution in [2.45, 2.75) is 64.1 Å². The third-order valence-electron chi connectivity index (χ3n) is 8.12. The molecule has 10 heteroatoms. The summed E-state index contributed by atoms with van der Waals surface area (Å²) in [6, 6.07) is 26.6. The Labute approximate surface area is 282 Å². The van der Waals surface area contributed by atoms with E-state index >= 15 is 0 Å². The molecule has 0 aliphatic carbocycles. The molecule has 0 saturated heterocycles. The van der Waals surface area contributed by atoms with Crippen LogP contribution in [0.15, 0.2) is 102 Å². The number of hydrogen-bond acceptors (Lipinski definition) is 4. The number of hydrogen-bond donors (Lipinski definition) is 1. The Balaban J connectivity index is 1.87. The van der Waals surface area contributed by atoms with Gasteiger partial charge < -0.3 is 10.2 Å². The summed E-state index contributed by atoms with van der Waals surface area (Å²) in [5.41, 5.74) is 3.24. The van der Waals surface area contributed by atoms with Gasteiger partial charge in [0, 0.05) is 34.6 Å². The Morgan fingerprint density at radius 1 is 0.826 bits per heavy atom. The minimum atomic E-state index is -4.21. The first-order valence-electron chi connectivity index (χ1n) is 15.1. The lowest BCUT2D eigenvalue weighted by Gasteiger charge is -2.35. The molecule has 0 bridgehead atoms. The predicted molar refractivity (Wildman–Crippen MR) is 186 cm³/mol. The maximum Gasteiger partial charge on any atom is 0.264 e. The quantitative estimate of drug-likeness (QED) is 0.160. The molecule has 4 aromatic carbocycles. The lowest BCUT2D eigenvalue weighted by Crippen LogP contribution is -2.54. The Morgan fingerprint density at radius 2 is 1.41 bits per heavy atom. The van der Waals surface area contributed by atoms with Gasteiger partial charge in [0.25, 0.3) is 10.0 Å². The van der Waals surface area contributed by atoms with Crippen LogP contribution >= 0.6 is 23.2 Å². The third kappa shape index (κ3) is 8.29. The van der Waals surface area contributed by atoms with Crippen LogP contribution in [-0.4, -0.2) is 43.8 Å². The lowest BCUT2D eigenvalue weighted by molar-refractivity contribution is -0.140. The number of anilines is 1. The maximum absolute atomic E-state index is 14.7. The molecule has 0 spiro atoms. The fraction of sp³-hybridized carbons (Fsp3) is 0.278. The molecule has 46 heavy (non-hydrogen) atoms. The molecule has 242 valence electrons. The zero-order valence-corrected chi connectivity index (χ0v) is 28.7. The summed E-state index contributed by atoms with van der Waals surface area (Å²) < 4.78 is 29.6. The fourth-order valence-corrected chi connectivity index (χ4v) is 7.10. The van der Waals surface area contributed by atoms with Gasteiger partial charge >= 0.3 is 0 Å². The molecule has 1 N–H and O–H groups in total. The van der Waals surface area contributed by atoms with E-state index < -0.39 is 28.5 Å². The van der Waals surface area contributed by atoms with Gasteiger partial charge in [-0.2, -0.15) is 0 Å². The highest BCUT2D eigenvalue weighted by molar-refractivity contribution is 7.92. The number of carbonyl (C=O) groups excluding carboxylic acids is 2. The summed E-state index contributed by atoms with van der Waals surface area (Å²) in [5.74, 6) is -0.949. The molecular weight excluding hydrogens is 641 g/mol. The zero-order valence-electron chi connectivity index (χ0n) is 26.4. The van der Waals surface area contributed by atoms with E-state index in [1.54, 1.807) is 48.5 Å². The van der Waals surface area contributed by atoms with Crippen LogP contribution in [0.1, 0.15) is 42.5 Å². The summed E-state index contributed by atoms with van der Waals surface area (Å²) >= 11 is 13.2. The highest BCUT2D eigenvalue weighted by atomic mass is 35.5. The lowest BCUT2D eigenvalue weighted by atomic mass is 10.0. The third-order valence-corrected chi connectivity index (χ3v) is 10.6. The van der Waals surface area contributed by atoms with Gasteiger partial charge in [0.15, 0.2) is 0 Å². The van der Waals surface area contributed by atoms with Crippen LogP contribution in [0, 0.1) is 13.8 Å². The number of sulfonamides is 1. The van der Waals surface area contributed by atoms with Gasteiger partial charge in [0.05, 0.1) is 10.6 Å². The molecule has 0 aromatic heterocycles. The topological polar surface area (TPSA) is 86.8 Å². The van der Waals surface area contributed by atoms with Crippen molar-refractivity contribution in [3.05, 3.63) is 129 Å². The first kappa shape index (κ1) is 35.0. The van der Waals surface area contributed by atoms with E-state index in [2.05, 4.69) is 5.32 Å². The Kier molecular flexibility index (Phi) is 11.9. The molecule has 4 aromatic rings. The first-order valence-corrected chi connectivity index (χ1v) is 17.3. The average Bonchev–Trinajstić information content (AvgIpc) is 3.04. The maximum atomic E-state index is 14.7. The monoisotopic (exact) mass is 679 g/mol. The molecule has 2 amide bonds. The van der Waals surface area contributed by atoms with E-state index in [4.69, 9.17) is 23.2 Å². The van der Waals surface area contributed by atoms with Crippen molar-refractivity contribution in [2.24, 2.45) is 0 Å². The van der Waals surface area contributed by atoms with Gasteiger partial charge in [-0.1, -0.05) is 96.9 Å². The van der Waals surface area contributed by atoms with Crippen molar-refractivity contribution in [3.63, 3.8) is 0 Å². The van der Waals surface area contributed by atoms with E-state index in [0.717, 1.165) is 15.4 Å². The molecule has 0 unspecified atom stereocenters. The number of amides is 2. The van der Waals surface area contributed by atoms with Crippen LogP contribution < -0.4 is 9.62 Å². The summed E-state index contributed by atoms with van der Waals surface area (Å²) in [6.07, 6.45) is 0.871. The molecule has 4 rings (SSSR count). The van der Waals surface area contributed by atoms with Gasteiger partial charge in [-0.3, -0.25) is 13.9 Å². The van der Waals surface area contributed by atoms with Crippen LogP contribution in [-0.2, 0) is 32.6 Å². The number of nitrogens with zero attached hydrogens (tertiary/aromatic N) is 2. The van der Waals surface area contributed by atoms with Gasteiger partial charge in [-0.15, -0.1) is 0 Å². The standard InChI is InChI=1S/C36H39Cl2N3O4S/c1-5-26(3)39-36(43)34(22-28-15-8-6-9-16-28)40(23-30-31(37)19-13-20-32(30)38)35(42)24-41(33-21-12-14-25(2)27(33)4)46(44,45)29-17-10-7-11-18-29/h6-21,26,34H,5,22-24H2,1-4H3,(H,39,43)/t26-,34-/m1/s1. The summed E-state index contributed by atoms with van der Waals surface area (Å²) in [7, 11) is -4.21. The van der Waals surface area contributed by atoms with Crippen molar-refractivity contribution in [3.8, 4) is 0 Å². The number of benzene rings is 4. The Hall–Kier alpha value is -3.85. The summed E-state index contributed by atoms with van der Waals surface area (Å²) in [6.45, 7) is 6.88. The van der Waals surface area contributed by atoms with Crippen molar-refractivity contribution >= 4 is 50.7 Å². The normalized spacial score (nSPS) is 12.7. The Morgan fingerprint density at radius 3 is 2.02 bits per heavy atom. The summed E-state index contributed by atoms with van der Waals surface area (Å²) in [5, 5.41) is 3.68. The molecule has 0 radical (unpaired) electrons. The fourth-order valence-electron chi connectivity index (χ4n) is 5.09. The SMILES string of the molecule is CC[C@@H](C)NC(=O)[C@@H](Cc1ccccc1)N(Cc1c(Cl)cccc1Cl)C(=O)CN(c1cccc(C)c1C)S(=O)(=O)c1ccccc1. The van der Waals surface area contributed by atoms with Gasteiger partial charge in [0.2, 0.25) is 11.8 Å². The number of aryl methyl sites for hydroxylation is 1. The van der Waals surface area contributed by atoms with Crippen LogP contribution in [0.3, 0.4) is 0 Å². The Bertz CT molecular complexity index is 1750. The van der Waals surface area contributed by atoms with Crippen LogP contribution in [0.2, 0.25) is 10.0 Å². The van der Waals surface area contributed by atoms with Gasteiger partial charge in [-0.25, -0.2) is 8.42 Å². The van der Waals surface area contributed by atoms with Gasteiger partial charge in [-0.05, 0) is 74.2 Å². The molecule has 0 aliphatic rings. The van der Waals surface area contributed by atoms with Crippen molar-refractivity contribution in [1.82, 2.24) is 10.2 Å². The van der Waals surface area contributed by atoms with E-state index in [-0.39, 0.29) is 29.8 Å². The van der Waals surface area contributed by atoms with E-state index in [1.807, 2.05) is 64.1 Å². The minimum absolute atomic E-state index is 0.0414.